The highest BCUT2D eigenvalue weighted by Gasteiger charge is 2.30. The Morgan fingerprint density at radius 1 is 1.25 bits per heavy atom. The molecule has 1 fully saturated rings. The molecule has 1 aromatic carbocycles. The van der Waals surface area contributed by atoms with Crippen molar-refractivity contribution in [3.63, 3.8) is 0 Å². The standard InChI is InChI=1S/C14H19NO/c1-10-8-14(15-11-6-7-16-9-11)13-5-3-2-4-12(10)13/h2-5,10-11,14-15H,6-9H2,1H3. The summed E-state index contributed by atoms with van der Waals surface area (Å²) in [7, 11) is 0. The molecule has 16 heavy (non-hydrogen) atoms. The fraction of sp³-hybridized carbons (Fsp3) is 0.571. The van der Waals surface area contributed by atoms with Crippen LogP contribution in [0, 0.1) is 0 Å². The Balaban J connectivity index is 1.77. The third kappa shape index (κ3) is 1.76. The summed E-state index contributed by atoms with van der Waals surface area (Å²) >= 11 is 0. The molecule has 3 rings (SSSR count). The van der Waals surface area contributed by atoms with E-state index in [0.717, 1.165) is 19.6 Å². The summed E-state index contributed by atoms with van der Waals surface area (Å²) in [6.45, 7) is 4.13. The van der Waals surface area contributed by atoms with Gasteiger partial charge in [0.15, 0.2) is 0 Å². The van der Waals surface area contributed by atoms with Gasteiger partial charge in [-0.25, -0.2) is 0 Å². The lowest BCUT2D eigenvalue weighted by Crippen LogP contribution is -2.32. The first-order valence-corrected chi connectivity index (χ1v) is 6.27. The van der Waals surface area contributed by atoms with E-state index in [-0.39, 0.29) is 0 Å². The summed E-state index contributed by atoms with van der Waals surface area (Å²) in [5.74, 6) is 0.691. The van der Waals surface area contributed by atoms with Crippen LogP contribution in [0.3, 0.4) is 0 Å². The number of benzene rings is 1. The fourth-order valence-corrected chi connectivity index (χ4v) is 2.99. The predicted molar refractivity (Wildman–Crippen MR) is 64.6 cm³/mol. The number of rotatable bonds is 2. The zero-order chi connectivity index (χ0) is 11.0. The Kier molecular flexibility index (Phi) is 2.70. The van der Waals surface area contributed by atoms with Crippen molar-refractivity contribution < 1.29 is 4.74 Å². The highest BCUT2D eigenvalue weighted by Crippen LogP contribution is 2.40. The molecule has 0 aromatic heterocycles. The monoisotopic (exact) mass is 217 g/mol. The molecule has 0 spiro atoms. The quantitative estimate of drug-likeness (QED) is 0.822. The third-order valence-electron chi connectivity index (χ3n) is 3.86. The smallest absolute Gasteiger partial charge is 0.0620 e. The van der Waals surface area contributed by atoms with Crippen LogP contribution in [-0.2, 0) is 4.74 Å². The molecule has 1 aromatic rings. The maximum atomic E-state index is 5.42. The molecular weight excluding hydrogens is 198 g/mol. The molecule has 0 radical (unpaired) electrons. The minimum atomic E-state index is 0.540. The lowest BCUT2D eigenvalue weighted by molar-refractivity contribution is 0.187. The molecule has 1 N–H and O–H groups in total. The van der Waals surface area contributed by atoms with E-state index < -0.39 is 0 Å². The highest BCUT2D eigenvalue weighted by atomic mass is 16.5. The maximum absolute atomic E-state index is 5.42. The Hall–Kier alpha value is -0.860. The first-order valence-electron chi connectivity index (χ1n) is 6.27. The van der Waals surface area contributed by atoms with Gasteiger partial charge in [0.2, 0.25) is 0 Å². The summed E-state index contributed by atoms with van der Waals surface area (Å²) < 4.78 is 5.42. The molecule has 0 saturated carbocycles. The van der Waals surface area contributed by atoms with Crippen LogP contribution < -0.4 is 5.32 Å². The van der Waals surface area contributed by atoms with Gasteiger partial charge in [0.1, 0.15) is 0 Å². The predicted octanol–water partition coefficient (Wildman–Crippen LogP) is 2.61. The van der Waals surface area contributed by atoms with Crippen molar-refractivity contribution in [1.82, 2.24) is 5.32 Å². The average molecular weight is 217 g/mol. The average Bonchev–Trinajstić information content (AvgIpc) is 2.90. The van der Waals surface area contributed by atoms with Crippen LogP contribution in [0.25, 0.3) is 0 Å². The Morgan fingerprint density at radius 3 is 2.81 bits per heavy atom. The van der Waals surface area contributed by atoms with Crippen LogP contribution in [0.1, 0.15) is 42.9 Å². The molecule has 0 amide bonds. The van der Waals surface area contributed by atoms with Gasteiger partial charge < -0.3 is 10.1 Å². The van der Waals surface area contributed by atoms with Crippen molar-refractivity contribution in [1.29, 1.82) is 0 Å². The summed E-state index contributed by atoms with van der Waals surface area (Å²) in [4.78, 5) is 0. The molecule has 86 valence electrons. The molecule has 3 atom stereocenters. The van der Waals surface area contributed by atoms with Gasteiger partial charge in [-0.3, -0.25) is 0 Å². The van der Waals surface area contributed by atoms with E-state index in [1.165, 1.54) is 17.5 Å². The van der Waals surface area contributed by atoms with Gasteiger partial charge in [0, 0.05) is 18.7 Å². The van der Waals surface area contributed by atoms with Crippen molar-refractivity contribution in [2.45, 2.75) is 37.8 Å². The van der Waals surface area contributed by atoms with Gasteiger partial charge >= 0.3 is 0 Å². The summed E-state index contributed by atoms with van der Waals surface area (Å²) in [5, 5.41) is 3.74. The lowest BCUT2D eigenvalue weighted by Gasteiger charge is -2.18. The van der Waals surface area contributed by atoms with Crippen molar-refractivity contribution in [3.05, 3.63) is 35.4 Å². The summed E-state index contributed by atoms with van der Waals surface area (Å²) in [6, 6.07) is 9.94. The molecule has 2 heteroatoms. The van der Waals surface area contributed by atoms with Crippen LogP contribution in [-0.4, -0.2) is 19.3 Å². The second kappa shape index (κ2) is 4.19. The minimum Gasteiger partial charge on any atom is -0.380 e. The zero-order valence-electron chi connectivity index (χ0n) is 9.78. The summed E-state index contributed by atoms with van der Waals surface area (Å²) in [6.07, 6.45) is 2.39. The van der Waals surface area contributed by atoms with Gasteiger partial charge in [-0.15, -0.1) is 0 Å². The largest absolute Gasteiger partial charge is 0.380 e. The SMILES string of the molecule is CC1CC(NC2CCOC2)c2ccccc21. The molecule has 0 bridgehead atoms. The minimum absolute atomic E-state index is 0.540. The second-order valence-electron chi connectivity index (χ2n) is 5.05. The van der Waals surface area contributed by atoms with E-state index in [2.05, 4.69) is 36.5 Å². The van der Waals surface area contributed by atoms with E-state index in [4.69, 9.17) is 4.74 Å². The van der Waals surface area contributed by atoms with E-state index in [0.29, 0.717) is 18.0 Å². The summed E-state index contributed by atoms with van der Waals surface area (Å²) in [5.41, 5.74) is 3.03. The van der Waals surface area contributed by atoms with Gasteiger partial charge in [-0.1, -0.05) is 31.2 Å². The van der Waals surface area contributed by atoms with E-state index in [9.17, 15) is 0 Å². The molecule has 3 unspecified atom stereocenters. The number of hydrogen-bond acceptors (Lipinski definition) is 2. The van der Waals surface area contributed by atoms with Crippen molar-refractivity contribution in [3.8, 4) is 0 Å². The zero-order valence-corrected chi connectivity index (χ0v) is 9.78. The van der Waals surface area contributed by atoms with Gasteiger partial charge in [-0.2, -0.15) is 0 Å². The number of nitrogens with one attached hydrogen (secondary N) is 1. The Morgan fingerprint density at radius 2 is 2.06 bits per heavy atom. The Labute approximate surface area is 97.0 Å². The van der Waals surface area contributed by atoms with Gasteiger partial charge in [0.05, 0.1) is 6.61 Å². The molecule has 2 aliphatic rings. The van der Waals surface area contributed by atoms with Crippen LogP contribution in [0.5, 0.6) is 0 Å². The van der Waals surface area contributed by atoms with Crippen molar-refractivity contribution in [2.24, 2.45) is 0 Å². The van der Waals surface area contributed by atoms with Crippen molar-refractivity contribution >= 4 is 0 Å². The molecule has 1 aliphatic carbocycles. The van der Waals surface area contributed by atoms with E-state index >= 15 is 0 Å². The fourth-order valence-electron chi connectivity index (χ4n) is 2.99. The van der Waals surface area contributed by atoms with Crippen LogP contribution >= 0.6 is 0 Å². The van der Waals surface area contributed by atoms with Crippen LogP contribution in [0.15, 0.2) is 24.3 Å². The Bertz CT molecular complexity index is 371. The number of ether oxygens (including phenoxy) is 1. The normalized spacial score (nSPS) is 32.9. The van der Waals surface area contributed by atoms with Crippen molar-refractivity contribution in [2.75, 3.05) is 13.2 Å². The van der Waals surface area contributed by atoms with Gasteiger partial charge in [0.25, 0.3) is 0 Å². The van der Waals surface area contributed by atoms with E-state index in [1.807, 2.05) is 0 Å². The second-order valence-corrected chi connectivity index (χ2v) is 5.05. The molecule has 1 heterocycles. The number of fused-ring (bicyclic) bond motifs is 1. The molecule has 2 nitrogen and oxygen atoms in total. The first kappa shape index (κ1) is 10.3. The van der Waals surface area contributed by atoms with Crippen LogP contribution in [0.4, 0.5) is 0 Å². The maximum Gasteiger partial charge on any atom is 0.0620 e. The third-order valence-corrected chi connectivity index (χ3v) is 3.86. The molecular formula is C14H19NO. The highest BCUT2D eigenvalue weighted by molar-refractivity contribution is 5.37. The number of hydrogen-bond donors (Lipinski definition) is 1. The van der Waals surface area contributed by atoms with Gasteiger partial charge in [-0.05, 0) is 29.9 Å². The topological polar surface area (TPSA) is 21.3 Å². The molecule has 1 saturated heterocycles. The first-order chi connectivity index (χ1) is 7.84. The lowest BCUT2D eigenvalue weighted by atomic mass is 10.0. The van der Waals surface area contributed by atoms with E-state index in [1.54, 1.807) is 0 Å². The van der Waals surface area contributed by atoms with Crippen LogP contribution in [0.2, 0.25) is 0 Å². The molecule has 1 aliphatic heterocycles.